The zero-order chi connectivity index (χ0) is 15.5. The Bertz CT molecular complexity index is 535. The van der Waals surface area contributed by atoms with E-state index in [9.17, 15) is 23.5 Å². The van der Waals surface area contributed by atoms with E-state index in [0.29, 0.717) is 0 Å². The number of hydrogen-bond donors (Lipinski definition) is 4. The smallest absolute Gasteiger partial charge is 0.335 e. The number of phenolic OH excluding ortho intramolecular Hbond substituents is 2. The van der Waals surface area contributed by atoms with Gasteiger partial charge in [-0.2, -0.15) is 0 Å². The maximum atomic E-state index is 13.1. The third-order valence-electron chi connectivity index (χ3n) is 2.68. The lowest BCUT2D eigenvalue weighted by molar-refractivity contribution is -0.155. The van der Waals surface area contributed by atoms with E-state index in [1.807, 2.05) is 0 Å². The third kappa shape index (κ3) is 3.14. The lowest BCUT2D eigenvalue weighted by atomic mass is 9.90. The quantitative estimate of drug-likeness (QED) is 0.602. The normalized spacial score (nSPS) is 13.8. The molecule has 0 radical (unpaired) electrons. The Labute approximate surface area is 112 Å². The summed E-state index contributed by atoms with van der Waals surface area (Å²) in [5.41, 5.74) is -2.77. The summed E-state index contributed by atoms with van der Waals surface area (Å²) in [4.78, 5) is 22.1. The van der Waals surface area contributed by atoms with Gasteiger partial charge >= 0.3 is 5.97 Å². The van der Waals surface area contributed by atoms with Crippen molar-refractivity contribution >= 4 is 11.9 Å². The first-order valence-electron chi connectivity index (χ1n) is 5.50. The van der Waals surface area contributed by atoms with Crippen LogP contribution in [0.5, 0.6) is 11.5 Å². The molecule has 1 atom stereocenters. The fourth-order valence-electron chi connectivity index (χ4n) is 1.71. The van der Waals surface area contributed by atoms with Crippen molar-refractivity contribution in [3.8, 4) is 11.5 Å². The number of aromatic hydroxyl groups is 2. The van der Waals surface area contributed by atoms with Crippen molar-refractivity contribution in [1.82, 2.24) is 5.32 Å². The van der Waals surface area contributed by atoms with Crippen molar-refractivity contribution in [3.63, 3.8) is 0 Å². The maximum Gasteiger partial charge on any atom is 0.335 e. The molecular formula is C12H13F2NO5. The van der Waals surface area contributed by atoms with Gasteiger partial charge in [-0.1, -0.05) is 6.07 Å². The Kier molecular flexibility index (Phi) is 4.49. The molecule has 20 heavy (non-hydrogen) atoms. The number of halogens is 2. The number of aliphatic carboxylic acids is 1. The second kappa shape index (κ2) is 5.72. The van der Waals surface area contributed by atoms with E-state index in [4.69, 9.17) is 10.2 Å². The average molecular weight is 289 g/mol. The van der Waals surface area contributed by atoms with Crippen LogP contribution < -0.4 is 5.32 Å². The largest absolute Gasteiger partial charge is 0.504 e. The van der Waals surface area contributed by atoms with E-state index >= 15 is 0 Å². The Morgan fingerprint density at radius 1 is 1.30 bits per heavy atom. The third-order valence-corrected chi connectivity index (χ3v) is 2.68. The number of carboxylic acids is 1. The minimum Gasteiger partial charge on any atom is -0.504 e. The molecule has 8 heteroatoms. The zero-order valence-corrected chi connectivity index (χ0v) is 10.4. The van der Waals surface area contributed by atoms with Crippen LogP contribution in [0.1, 0.15) is 12.5 Å². The first kappa shape index (κ1) is 15.7. The number of phenols is 2. The zero-order valence-electron chi connectivity index (χ0n) is 10.4. The SMILES string of the molecule is CC(=O)NC(Cc1ccc(O)c(O)c1)(C(=O)O)C(F)F. The first-order valence-corrected chi connectivity index (χ1v) is 5.50. The van der Waals surface area contributed by atoms with E-state index < -0.39 is 41.8 Å². The molecule has 0 aliphatic rings. The van der Waals surface area contributed by atoms with Crippen LogP contribution in [0, 0.1) is 0 Å². The van der Waals surface area contributed by atoms with Gasteiger partial charge in [0.05, 0.1) is 0 Å². The highest BCUT2D eigenvalue weighted by molar-refractivity contribution is 5.86. The van der Waals surface area contributed by atoms with Gasteiger partial charge in [0, 0.05) is 13.3 Å². The summed E-state index contributed by atoms with van der Waals surface area (Å²) in [6.45, 7) is 0.925. The Morgan fingerprint density at radius 2 is 1.90 bits per heavy atom. The molecule has 6 nitrogen and oxygen atoms in total. The number of nitrogens with one attached hydrogen (secondary N) is 1. The second-order valence-corrected chi connectivity index (χ2v) is 4.26. The van der Waals surface area contributed by atoms with Gasteiger partial charge in [-0.25, -0.2) is 13.6 Å². The molecule has 1 amide bonds. The van der Waals surface area contributed by atoms with E-state index in [0.717, 1.165) is 19.1 Å². The Morgan fingerprint density at radius 3 is 2.30 bits per heavy atom. The Hall–Kier alpha value is -2.38. The van der Waals surface area contributed by atoms with Crippen LogP contribution in [0.25, 0.3) is 0 Å². The van der Waals surface area contributed by atoms with Crippen molar-refractivity contribution in [3.05, 3.63) is 23.8 Å². The minimum atomic E-state index is -3.36. The van der Waals surface area contributed by atoms with Gasteiger partial charge in [0.2, 0.25) is 11.4 Å². The van der Waals surface area contributed by atoms with Crippen LogP contribution in [-0.4, -0.2) is 39.2 Å². The van der Waals surface area contributed by atoms with Crippen LogP contribution >= 0.6 is 0 Å². The molecule has 0 bridgehead atoms. The molecule has 0 spiro atoms. The van der Waals surface area contributed by atoms with Crippen LogP contribution in [-0.2, 0) is 16.0 Å². The summed E-state index contributed by atoms with van der Waals surface area (Å²) < 4.78 is 26.2. The number of carbonyl (C=O) groups excluding carboxylic acids is 1. The van der Waals surface area contributed by atoms with Gasteiger partial charge in [0.15, 0.2) is 11.5 Å². The van der Waals surface area contributed by atoms with Crippen molar-refractivity contribution in [2.45, 2.75) is 25.3 Å². The number of rotatable bonds is 5. The van der Waals surface area contributed by atoms with Gasteiger partial charge in [-0.15, -0.1) is 0 Å². The molecular weight excluding hydrogens is 276 g/mol. The summed E-state index contributed by atoms with van der Waals surface area (Å²) in [7, 11) is 0. The molecule has 110 valence electrons. The highest BCUT2D eigenvalue weighted by Gasteiger charge is 2.48. The molecule has 1 unspecified atom stereocenters. The summed E-state index contributed by atoms with van der Waals surface area (Å²) >= 11 is 0. The molecule has 4 N–H and O–H groups in total. The number of alkyl halides is 2. The number of carboxylic acid groups (broad SMARTS) is 1. The molecule has 1 aromatic carbocycles. The van der Waals surface area contributed by atoms with Crippen LogP contribution in [0.15, 0.2) is 18.2 Å². The van der Waals surface area contributed by atoms with E-state index in [1.165, 1.54) is 6.07 Å². The molecule has 1 rings (SSSR count). The van der Waals surface area contributed by atoms with E-state index in [2.05, 4.69) is 0 Å². The summed E-state index contributed by atoms with van der Waals surface area (Å²) in [5, 5.41) is 29.2. The molecule has 1 aromatic rings. The summed E-state index contributed by atoms with van der Waals surface area (Å²) in [6, 6.07) is 3.17. The predicted molar refractivity (Wildman–Crippen MR) is 63.7 cm³/mol. The Balaban J connectivity index is 3.20. The van der Waals surface area contributed by atoms with Crippen LogP contribution in [0.2, 0.25) is 0 Å². The summed E-state index contributed by atoms with van der Waals surface area (Å²) in [5.74, 6) is -3.85. The predicted octanol–water partition coefficient (Wildman–Crippen LogP) is 0.865. The highest BCUT2D eigenvalue weighted by atomic mass is 19.3. The lowest BCUT2D eigenvalue weighted by Gasteiger charge is -2.29. The number of carbonyl (C=O) groups is 2. The molecule has 0 aliphatic carbocycles. The van der Waals surface area contributed by atoms with Crippen molar-refractivity contribution in [1.29, 1.82) is 0 Å². The van der Waals surface area contributed by atoms with E-state index in [1.54, 1.807) is 5.32 Å². The highest BCUT2D eigenvalue weighted by Crippen LogP contribution is 2.29. The lowest BCUT2D eigenvalue weighted by Crippen LogP contribution is -2.60. The summed E-state index contributed by atoms with van der Waals surface area (Å²) in [6.07, 6.45) is -4.10. The van der Waals surface area contributed by atoms with Crippen molar-refractivity contribution < 1.29 is 33.7 Å². The van der Waals surface area contributed by atoms with Crippen molar-refractivity contribution in [2.75, 3.05) is 0 Å². The molecule has 0 aliphatic heterocycles. The monoisotopic (exact) mass is 289 g/mol. The van der Waals surface area contributed by atoms with Gasteiger partial charge < -0.3 is 20.6 Å². The van der Waals surface area contributed by atoms with Gasteiger partial charge in [-0.3, -0.25) is 4.79 Å². The fourth-order valence-corrected chi connectivity index (χ4v) is 1.71. The van der Waals surface area contributed by atoms with Crippen molar-refractivity contribution in [2.24, 2.45) is 0 Å². The first-order chi connectivity index (χ1) is 9.19. The van der Waals surface area contributed by atoms with Gasteiger partial charge in [0.1, 0.15) is 0 Å². The fraction of sp³-hybridized carbons (Fsp3) is 0.333. The van der Waals surface area contributed by atoms with Crippen LogP contribution in [0.4, 0.5) is 8.78 Å². The number of benzene rings is 1. The standard InChI is InChI=1S/C12H13F2NO5/c1-6(16)15-12(10(13)14,11(19)20)5-7-2-3-8(17)9(18)4-7/h2-4,10,17-18H,5H2,1H3,(H,15,16)(H,19,20). The molecule has 0 heterocycles. The van der Waals surface area contributed by atoms with E-state index in [-0.39, 0.29) is 5.56 Å². The topological polar surface area (TPSA) is 107 Å². The minimum absolute atomic E-state index is 0.0248. The van der Waals surface area contributed by atoms with Crippen LogP contribution in [0.3, 0.4) is 0 Å². The maximum absolute atomic E-state index is 13.1. The average Bonchev–Trinajstić information content (AvgIpc) is 2.31. The molecule has 0 saturated heterocycles. The number of hydrogen-bond acceptors (Lipinski definition) is 4. The second-order valence-electron chi connectivity index (χ2n) is 4.26. The number of amides is 1. The molecule has 0 aromatic heterocycles. The van der Waals surface area contributed by atoms with Gasteiger partial charge in [-0.05, 0) is 17.7 Å². The molecule has 0 saturated carbocycles. The molecule has 0 fully saturated rings. The van der Waals surface area contributed by atoms with Gasteiger partial charge in [0.25, 0.3) is 6.43 Å².